The van der Waals surface area contributed by atoms with Gasteiger partial charge in [-0.15, -0.1) is 0 Å². The normalized spacial score (nSPS) is 19.3. The van der Waals surface area contributed by atoms with Gasteiger partial charge in [-0.25, -0.2) is 0 Å². The molecule has 1 saturated heterocycles. The Bertz CT molecular complexity index is 276. The molecule has 0 aliphatic carbocycles. The molecule has 0 bridgehead atoms. The first-order valence-corrected chi connectivity index (χ1v) is 6.95. The fourth-order valence-corrected chi connectivity index (χ4v) is 2.00. The topological polar surface area (TPSA) is 35.6 Å². The number of nitrogens with zero attached hydrogens (tertiary/aromatic N) is 2. The Morgan fingerprint density at radius 3 is 2.78 bits per heavy atom. The van der Waals surface area contributed by atoms with E-state index in [4.69, 9.17) is 0 Å². The summed E-state index contributed by atoms with van der Waals surface area (Å²) in [6.45, 7) is 10.4. The highest BCUT2D eigenvalue weighted by molar-refractivity contribution is 5.87. The van der Waals surface area contributed by atoms with Gasteiger partial charge in [-0.1, -0.05) is 19.9 Å². The van der Waals surface area contributed by atoms with E-state index in [1.807, 2.05) is 6.08 Å². The minimum atomic E-state index is 0.0237. The number of rotatable bonds is 5. The van der Waals surface area contributed by atoms with E-state index in [2.05, 4.69) is 36.0 Å². The number of nitrogens with one attached hydrogen (secondary N) is 1. The molecule has 0 aromatic rings. The first-order valence-electron chi connectivity index (χ1n) is 6.95. The second-order valence-corrected chi connectivity index (χ2v) is 5.39. The molecule has 0 spiro atoms. The quantitative estimate of drug-likeness (QED) is 0.741. The summed E-state index contributed by atoms with van der Waals surface area (Å²) in [7, 11) is 2.17. The van der Waals surface area contributed by atoms with E-state index >= 15 is 0 Å². The van der Waals surface area contributed by atoms with Crippen LogP contribution in [0.2, 0.25) is 0 Å². The van der Waals surface area contributed by atoms with Crippen LogP contribution in [0.5, 0.6) is 0 Å². The highest BCUT2D eigenvalue weighted by atomic mass is 16.1. The zero-order valence-electron chi connectivity index (χ0n) is 12.0. The SMILES string of the molecule is CC(C)/C=C/C(=O)NCCN1CCCN(C)CC1. The second kappa shape index (κ2) is 8.27. The molecule has 18 heavy (non-hydrogen) atoms. The maximum absolute atomic E-state index is 11.5. The van der Waals surface area contributed by atoms with Crippen molar-refractivity contribution in [2.45, 2.75) is 20.3 Å². The lowest BCUT2D eigenvalue weighted by atomic mass is 10.2. The highest BCUT2D eigenvalue weighted by Crippen LogP contribution is 1.99. The molecule has 4 heteroatoms. The van der Waals surface area contributed by atoms with Crippen LogP contribution in [0.3, 0.4) is 0 Å². The molecule has 1 N–H and O–H groups in total. The lowest BCUT2D eigenvalue weighted by Gasteiger charge is -2.19. The highest BCUT2D eigenvalue weighted by Gasteiger charge is 2.11. The number of amides is 1. The Labute approximate surface area is 111 Å². The van der Waals surface area contributed by atoms with Gasteiger partial charge in [0.1, 0.15) is 0 Å². The minimum Gasteiger partial charge on any atom is -0.351 e. The van der Waals surface area contributed by atoms with Gasteiger partial charge in [0.25, 0.3) is 0 Å². The summed E-state index contributed by atoms with van der Waals surface area (Å²) in [5.74, 6) is 0.451. The number of allylic oxidation sites excluding steroid dienone is 1. The predicted octanol–water partition coefficient (Wildman–Crippen LogP) is 0.952. The van der Waals surface area contributed by atoms with Gasteiger partial charge in [0.05, 0.1) is 0 Å². The molecule has 1 amide bonds. The Balaban J connectivity index is 2.15. The van der Waals surface area contributed by atoms with Gasteiger partial charge in [-0.3, -0.25) is 4.79 Å². The summed E-state index contributed by atoms with van der Waals surface area (Å²) in [6.07, 6.45) is 4.79. The third-order valence-electron chi connectivity index (χ3n) is 3.17. The van der Waals surface area contributed by atoms with Crippen LogP contribution in [0.1, 0.15) is 20.3 Å². The molecule has 0 aromatic carbocycles. The van der Waals surface area contributed by atoms with Crippen molar-refractivity contribution in [3.63, 3.8) is 0 Å². The number of hydrogen-bond donors (Lipinski definition) is 1. The van der Waals surface area contributed by atoms with Gasteiger partial charge in [-0.2, -0.15) is 0 Å². The van der Waals surface area contributed by atoms with E-state index < -0.39 is 0 Å². The average molecular weight is 253 g/mol. The van der Waals surface area contributed by atoms with E-state index in [0.29, 0.717) is 5.92 Å². The van der Waals surface area contributed by atoms with Gasteiger partial charge >= 0.3 is 0 Å². The fraction of sp³-hybridized carbons (Fsp3) is 0.786. The van der Waals surface area contributed by atoms with Crippen molar-refractivity contribution in [3.05, 3.63) is 12.2 Å². The van der Waals surface area contributed by atoms with Crippen LogP contribution in [0, 0.1) is 5.92 Å². The number of hydrogen-bond acceptors (Lipinski definition) is 3. The average Bonchev–Trinajstić information content (AvgIpc) is 2.52. The van der Waals surface area contributed by atoms with Crippen molar-refractivity contribution in [1.82, 2.24) is 15.1 Å². The maximum Gasteiger partial charge on any atom is 0.243 e. The monoisotopic (exact) mass is 253 g/mol. The summed E-state index contributed by atoms with van der Waals surface area (Å²) >= 11 is 0. The Kier molecular flexibility index (Phi) is 6.98. The first kappa shape index (κ1) is 15.2. The molecule has 0 unspecified atom stereocenters. The van der Waals surface area contributed by atoms with Gasteiger partial charge in [-0.05, 0) is 38.6 Å². The van der Waals surface area contributed by atoms with E-state index in [0.717, 1.165) is 32.7 Å². The molecule has 104 valence electrons. The number of carbonyl (C=O) groups is 1. The summed E-state index contributed by atoms with van der Waals surface area (Å²) < 4.78 is 0. The van der Waals surface area contributed by atoms with Crippen molar-refractivity contribution in [2.24, 2.45) is 5.92 Å². The van der Waals surface area contributed by atoms with E-state index in [9.17, 15) is 4.79 Å². The molecular weight excluding hydrogens is 226 g/mol. The molecule has 4 nitrogen and oxygen atoms in total. The van der Waals surface area contributed by atoms with E-state index in [1.165, 1.54) is 13.0 Å². The maximum atomic E-state index is 11.5. The third kappa shape index (κ3) is 6.77. The smallest absolute Gasteiger partial charge is 0.243 e. The molecule has 0 atom stereocenters. The zero-order chi connectivity index (χ0) is 13.4. The van der Waals surface area contributed by atoms with Gasteiger partial charge in [0.15, 0.2) is 0 Å². The minimum absolute atomic E-state index is 0.0237. The number of carbonyl (C=O) groups excluding carboxylic acids is 1. The van der Waals surface area contributed by atoms with Crippen molar-refractivity contribution in [1.29, 1.82) is 0 Å². The van der Waals surface area contributed by atoms with Crippen molar-refractivity contribution in [3.8, 4) is 0 Å². The molecule has 0 aromatic heterocycles. The van der Waals surface area contributed by atoms with Crippen molar-refractivity contribution in [2.75, 3.05) is 46.3 Å². The predicted molar refractivity (Wildman–Crippen MR) is 75.5 cm³/mol. The molecule has 1 aliphatic heterocycles. The van der Waals surface area contributed by atoms with Crippen LogP contribution < -0.4 is 5.32 Å². The van der Waals surface area contributed by atoms with Crippen LogP contribution in [0.25, 0.3) is 0 Å². The Hall–Kier alpha value is -0.870. The molecular formula is C14H27N3O. The van der Waals surface area contributed by atoms with Crippen LogP contribution in [-0.2, 0) is 4.79 Å². The van der Waals surface area contributed by atoms with Crippen molar-refractivity contribution >= 4 is 5.91 Å². The number of likely N-dealkylation sites (N-methyl/N-ethyl adjacent to an activating group) is 1. The molecule has 0 radical (unpaired) electrons. The summed E-state index contributed by atoms with van der Waals surface area (Å²) in [6, 6.07) is 0. The van der Waals surface area contributed by atoms with E-state index in [-0.39, 0.29) is 5.91 Å². The molecule has 1 rings (SSSR count). The summed E-state index contributed by atoms with van der Waals surface area (Å²) in [4.78, 5) is 16.3. The molecule has 1 aliphatic rings. The van der Waals surface area contributed by atoms with Crippen LogP contribution >= 0.6 is 0 Å². The zero-order valence-corrected chi connectivity index (χ0v) is 12.0. The van der Waals surface area contributed by atoms with E-state index in [1.54, 1.807) is 6.08 Å². The molecule has 1 heterocycles. The Morgan fingerprint density at radius 1 is 1.28 bits per heavy atom. The van der Waals surface area contributed by atoms with Gasteiger partial charge in [0, 0.05) is 26.2 Å². The second-order valence-electron chi connectivity index (χ2n) is 5.39. The standard InChI is InChI=1S/C14H27N3O/c1-13(2)5-6-14(18)15-7-10-17-9-4-8-16(3)11-12-17/h5-6,13H,4,7-12H2,1-3H3,(H,15,18)/b6-5+. The lowest BCUT2D eigenvalue weighted by Crippen LogP contribution is -2.36. The summed E-state index contributed by atoms with van der Waals surface area (Å²) in [5, 5.41) is 2.94. The molecule has 0 saturated carbocycles. The Morgan fingerprint density at radius 2 is 2.06 bits per heavy atom. The van der Waals surface area contributed by atoms with Crippen LogP contribution in [-0.4, -0.2) is 62.0 Å². The molecule has 1 fully saturated rings. The third-order valence-corrected chi connectivity index (χ3v) is 3.17. The van der Waals surface area contributed by atoms with Crippen LogP contribution in [0.4, 0.5) is 0 Å². The summed E-state index contributed by atoms with van der Waals surface area (Å²) in [5.41, 5.74) is 0. The van der Waals surface area contributed by atoms with Gasteiger partial charge in [0.2, 0.25) is 5.91 Å². The first-order chi connectivity index (χ1) is 8.58. The largest absolute Gasteiger partial charge is 0.351 e. The van der Waals surface area contributed by atoms with Crippen molar-refractivity contribution < 1.29 is 4.79 Å². The fourth-order valence-electron chi connectivity index (χ4n) is 2.00. The van der Waals surface area contributed by atoms with Crippen LogP contribution in [0.15, 0.2) is 12.2 Å². The lowest BCUT2D eigenvalue weighted by molar-refractivity contribution is -0.116. The van der Waals surface area contributed by atoms with Gasteiger partial charge < -0.3 is 15.1 Å².